The van der Waals surface area contributed by atoms with E-state index in [2.05, 4.69) is 40.7 Å². The van der Waals surface area contributed by atoms with E-state index in [1.165, 1.54) is 0 Å². The van der Waals surface area contributed by atoms with Crippen LogP contribution in [0.15, 0.2) is 24.3 Å². The van der Waals surface area contributed by atoms with Gasteiger partial charge in [0.2, 0.25) is 0 Å². The molecule has 0 spiro atoms. The van der Waals surface area contributed by atoms with Crippen molar-refractivity contribution in [1.29, 1.82) is 0 Å². The molecule has 0 bridgehead atoms. The van der Waals surface area contributed by atoms with E-state index in [1.807, 2.05) is 18.2 Å². The zero-order valence-electron chi connectivity index (χ0n) is 12.7. The third kappa shape index (κ3) is 2.65. The van der Waals surface area contributed by atoms with Crippen molar-refractivity contribution >= 4 is 7.12 Å². The minimum Gasteiger partial charge on any atom is -0.497 e. The number of benzene rings is 1. The van der Waals surface area contributed by atoms with Gasteiger partial charge in [-0.25, -0.2) is 0 Å². The number of hydrogen-bond donors (Lipinski definition) is 0. The topological polar surface area (TPSA) is 27.7 Å². The molecule has 1 aromatic rings. The van der Waals surface area contributed by atoms with E-state index in [0.29, 0.717) is 0 Å². The fraction of sp³-hybridized carbons (Fsp3) is 0.600. The highest BCUT2D eigenvalue weighted by molar-refractivity contribution is 6.47. The van der Waals surface area contributed by atoms with Crippen LogP contribution in [-0.4, -0.2) is 25.4 Å². The molecule has 1 saturated heterocycles. The van der Waals surface area contributed by atoms with Crippen molar-refractivity contribution < 1.29 is 14.0 Å². The van der Waals surface area contributed by atoms with E-state index in [4.69, 9.17) is 14.0 Å². The van der Waals surface area contributed by atoms with E-state index >= 15 is 0 Å². The molecule has 1 aromatic carbocycles. The van der Waals surface area contributed by atoms with Gasteiger partial charge in [-0.3, -0.25) is 0 Å². The quantitative estimate of drug-likeness (QED) is 0.781. The van der Waals surface area contributed by atoms with Gasteiger partial charge in [0.05, 0.1) is 18.3 Å². The Hall–Kier alpha value is -0.995. The Kier molecular flexibility index (Phi) is 3.67. The SMILES string of the molecule is COc1cccc(C(C)B2OC(C)(C)C(C)(C)O2)c1. The first kappa shape index (κ1) is 14.4. The van der Waals surface area contributed by atoms with Gasteiger partial charge in [0.15, 0.2) is 0 Å². The molecule has 1 unspecified atom stereocenters. The highest BCUT2D eigenvalue weighted by Crippen LogP contribution is 2.40. The molecule has 0 radical (unpaired) electrons. The summed E-state index contributed by atoms with van der Waals surface area (Å²) in [5.41, 5.74) is 0.591. The summed E-state index contributed by atoms with van der Waals surface area (Å²) in [5, 5.41) is 0. The maximum Gasteiger partial charge on any atom is 0.465 e. The monoisotopic (exact) mass is 262 g/mol. The van der Waals surface area contributed by atoms with E-state index in [1.54, 1.807) is 7.11 Å². The molecule has 2 rings (SSSR count). The van der Waals surface area contributed by atoms with Crippen molar-refractivity contribution in [3.05, 3.63) is 29.8 Å². The lowest BCUT2D eigenvalue weighted by Crippen LogP contribution is -2.41. The second-order valence-corrected chi connectivity index (χ2v) is 6.19. The van der Waals surface area contributed by atoms with Crippen LogP contribution in [0.2, 0.25) is 0 Å². The van der Waals surface area contributed by atoms with Crippen molar-refractivity contribution in [3.63, 3.8) is 0 Å². The Bertz CT molecular complexity index is 440. The Morgan fingerprint density at radius 3 is 2.21 bits per heavy atom. The lowest BCUT2D eigenvalue weighted by Gasteiger charge is -2.32. The maximum absolute atomic E-state index is 6.09. The summed E-state index contributed by atoms with van der Waals surface area (Å²) in [6, 6.07) is 8.06. The number of ether oxygens (including phenoxy) is 1. The van der Waals surface area contributed by atoms with Gasteiger partial charge < -0.3 is 14.0 Å². The third-order valence-electron chi connectivity index (χ3n) is 4.30. The average molecular weight is 262 g/mol. The fourth-order valence-corrected chi connectivity index (χ4v) is 2.17. The van der Waals surface area contributed by atoms with Crippen molar-refractivity contribution in [3.8, 4) is 5.75 Å². The van der Waals surface area contributed by atoms with Crippen LogP contribution in [0.4, 0.5) is 0 Å². The van der Waals surface area contributed by atoms with Gasteiger partial charge in [0.1, 0.15) is 5.75 Å². The van der Waals surface area contributed by atoms with Crippen LogP contribution in [0.5, 0.6) is 5.75 Å². The van der Waals surface area contributed by atoms with Crippen LogP contribution in [-0.2, 0) is 9.31 Å². The molecule has 1 aliphatic rings. The van der Waals surface area contributed by atoms with Crippen LogP contribution in [0.3, 0.4) is 0 Å². The first-order valence-electron chi connectivity index (χ1n) is 6.76. The molecule has 1 aliphatic heterocycles. The highest BCUT2D eigenvalue weighted by atomic mass is 16.7. The first-order valence-corrected chi connectivity index (χ1v) is 6.76. The van der Waals surface area contributed by atoms with Gasteiger partial charge in [0.25, 0.3) is 0 Å². The van der Waals surface area contributed by atoms with Gasteiger partial charge in [-0.2, -0.15) is 0 Å². The average Bonchev–Trinajstić information content (AvgIpc) is 2.57. The Balaban J connectivity index is 2.19. The molecule has 0 amide bonds. The van der Waals surface area contributed by atoms with Crippen LogP contribution in [0, 0.1) is 0 Å². The molecule has 3 nitrogen and oxygen atoms in total. The van der Waals surface area contributed by atoms with Gasteiger partial charge in [0, 0.05) is 5.82 Å². The standard InChI is InChI=1S/C15H23BO3/c1-11(12-8-7-9-13(10-12)17-6)16-18-14(2,3)15(4,5)19-16/h7-11H,1-6H3. The Morgan fingerprint density at radius 2 is 1.68 bits per heavy atom. The number of hydrogen-bond acceptors (Lipinski definition) is 3. The lowest BCUT2D eigenvalue weighted by molar-refractivity contribution is 0.00578. The molecule has 0 saturated carbocycles. The molecule has 19 heavy (non-hydrogen) atoms. The van der Waals surface area contributed by atoms with E-state index in [9.17, 15) is 0 Å². The van der Waals surface area contributed by atoms with Crippen LogP contribution >= 0.6 is 0 Å². The molecule has 0 aliphatic carbocycles. The van der Waals surface area contributed by atoms with Crippen molar-refractivity contribution in [2.45, 2.75) is 51.6 Å². The molecule has 1 fully saturated rings. The number of methoxy groups -OCH3 is 1. The number of rotatable bonds is 3. The lowest BCUT2D eigenvalue weighted by atomic mass is 9.69. The van der Waals surface area contributed by atoms with Gasteiger partial charge in [-0.1, -0.05) is 19.1 Å². The zero-order chi connectivity index (χ0) is 14.3. The second-order valence-electron chi connectivity index (χ2n) is 6.19. The second kappa shape index (κ2) is 4.84. The van der Waals surface area contributed by atoms with Gasteiger partial charge in [-0.15, -0.1) is 0 Å². The van der Waals surface area contributed by atoms with E-state index in [-0.39, 0.29) is 24.1 Å². The van der Waals surface area contributed by atoms with Crippen molar-refractivity contribution in [1.82, 2.24) is 0 Å². The van der Waals surface area contributed by atoms with Gasteiger partial charge in [-0.05, 0) is 45.4 Å². The molecule has 0 N–H and O–H groups in total. The smallest absolute Gasteiger partial charge is 0.465 e. The summed E-state index contributed by atoms with van der Waals surface area (Å²) in [6.45, 7) is 10.4. The predicted octanol–water partition coefficient (Wildman–Crippen LogP) is 3.43. The summed E-state index contributed by atoms with van der Waals surface area (Å²) >= 11 is 0. The Labute approximate surface area is 116 Å². The van der Waals surface area contributed by atoms with Gasteiger partial charge >= 0.3 is 7.12 Å². The molecule has 0 aromatic heterocycles. The minimum atomic E-state index is -0.287. The molecular formula is C15H23BO3. The highest BCUT2D eigenvalue weighted by Gasteiger charge is 2.52. The van der Waals surface area contributed by atoms with Crippen molar-refractivity contribution in [2.24, 2.45) is 0 Å². The van der Waals surface area contributed by atoms with Crippen LogP contribution < -0.4 is 4.74 Å². The summed E-state index contributed by atoms with van der Waals surface area (Å²) < 4.78 is 17.4. The van der Waals surface area contributed by atoms with Crippen molar-refractivity contribution in [2.75, 3.05) is 7.11 Å². The Morgan fingerprint density at radius 1 is 1.11 bits per heavy atom. The van der Waals surface area contributed by atoms with Crippen LogP contribution in [0.25, 0.3) is 0 Å². The predicted molar refractivity (Wildman–Crippen MR) is 77.5 cm³/mol. The minimum absolute atomic E-state index is 0.163. The summed E-state index contributed by atoms with van der Waals surface area (Å²) in [6.07, 6.45) is 0. The zero-order valence-corrected chi connectivity index (χ0v) is 12.7. The maximum atomic E-state index is 6.09. The molecule has 1 heterocycles. The van der Waals surface area contributed by atoms with E-state index < -0.39 is 0 Å². The first-order chi connectivity index (χ1) is 8.77. The third-order valence-corrected chi connectivity index (χ3v) is 4.30. The molecular weight excluding hydrogens is 239 g/mol. The molecule has 1 atom stereocenters. The van der Waals surface area contributed by atoms with Crippen LogP contribution in [0.1, 0.15) is 46.0 Å². The summed E-state index contributed by atoms with van der Waals surface area (Å²) in [7, 11) is 1.45. The summed E-state index contributed by atoms with van der Waals surface area (Å²) in [5.74, 6) is 1.03. The summed E-state index contributed by atoms with van der Waals surface area (Å²) in [4.78, 5) is 0. The normalized spacial score (nSPS) is 22.3. The molecule has 4 heteroatoms. The largest absolute Gasteiger partial charge is 0.497 e. The molecule has 104 valence electrons. The fourth-order valence-electron chi connectivity index (χ4n) is 2.17. The van der Waals surface area contributed by atoms with E-state index in [0.717, 1.165) is 11.3 Å².